The number of hydrogen-bond acceptors (Lipinski definition) is 5. The van der Waals surface area contributed by atoms with E-state index in [1.54, 1.807) is 6.92 Å². The zero-order valence-corrected chi connectivity index (χ0v) is 12.2. The summed E-state index contributed by atoms with van der Waals surface area (Å²) in [6, 6.07) is -0.0969. The van der Waals surface area contributed by atoms with Crippen molar-refractivity contribution in [3.8, 4) is 0 Å². The molecule has 0 aromatic heterocycles. The van der Waals surface area contributed by atoms with Crippen LogP contribution in [0, 0.1) is 0 Å². The van der Waals surface area contributed by atoms with Crippen molar-refractivity contribution in [1.29, 1.82) is 0 Å². The van der Waals surface area contributed by atoms with E-state index >= 15 is 0 Å². The van der Waals surface area contributed by atoms with Gasteiger partial charge < -0.3 is 9.84 Å². The second-order valence-corrected chi connectivity index (χ2v) is 6.61. The standard InChI is InChI=1S/C12H23NO5S/c1-2-18-12(15)10-19(16,17)13(8-9-14)11-6-4-3-5-7-11/h11,14H,2-10H2,1H3. The first-order chi connectivity index (χ1) is 9.01. The highest BCUT2D eigenvalue weighted by atomic mass is 32.2. The van der Waals surface area contributed by atoms with Gasteiger partial charge in [-0.1, -0.05) is 19.3 Å². The number of esters is 1. The lowest BCUT2D eigenvalue weighted by atomic mass is 9.95. The number of carbonyl (C=O) groups excluding carboxylic acids is 1. The largest absolute Gasteiger partial charge is 0.465 e. The molecule has 0 saturated heterocycles. The SMILES string of the molecule is CCOC(=O)CS(=O)(=O)N(CCO)C1CCCCC1. The Hall–Kier alpha value is -0.660. The van der Waals surface area contributed by atoms with Gasteiger partial charge in [0, 0.05) is 12.6 Å². The normalized spacial score (nSPS) is 17.6. The maximum atomic E-state index is 12.2. The zero-order valence-electron chi connectivity index (χ0n) is 11.4. The molecule has 1 fully saturated rings. The molecule has 7 heteroatoms. The number of rotatable bonds is 7. The molecule has 1 aliphatic carbocycles. The summed E-state index contributed by atoms with van der Waals surface area (Å²) in [7, 11) is -3.71. The lowest BCUT2D eigenvalue weighted by Crippen LogP contribution is -2.45. The maximum Gasteiger partial charge on any atom is 0.322 e. The van der Waals surface area contributed by atoms with E-state index in [2.05, 4.69) is 4.74 Å². The van der Waals surface area contributed by atoms with Crippen LogP contribution in [0.25, 0.3) is 0 Å². The van der Waals surface area contributed by atoms with Crippen LogP contribution < -0.4 is 0 Å². The third-order valence-electron chi connectivity index (χ3n) is 3.27. The van der Waals surface area contributed by atoms with Crippen molar-refractivity contribution in [2.75, 3.05) is 25.5 Å². The molecular formula is C12H23NO5S. The number of carbonyl (C=O) groups is 1. The third kappa shape index (κ3) is 5.08. The van der Waals surface area contributed by atoms with Gasteiger partial charge in [-0.15, -0.1) is 0 Å². The van der Waals surface area contributed by atoms with Crippen LogP contribution in [0.15, 0.2) is 0 Å². The molecule has 0 radical (unpaired) electrons. The van der Waals surface area contributed by atoms with Crippen molar-refractivity contribution >= 4 is 16.0 Å². The zero-order chi connectivity index (χ0) is 14.3. The van der Waals surface area contributed by atoms with Gasteiger partial charge in [0.1, 0.15) is 0 Å². The Bertz CT molecular complexity index is 376. The van der Waals surface area contributed by atoms with Crippen molar-refractivity contribution < 1.29 is 23.1 Å². The fourth-order valence-electron chi connectivity index (χ4n) is 2.45. The quantitative estimate of drug-likeness (QED) is 0.691. The Morgan fingerprint density at radius 3 is 2.47 bits per heavy atom. The van der Waals surface area contributed by atoms with Crippen LogP contribution in [0.4, 0.5) is 0 Å². The molecule has 1 rings (SSSR count). The second-order valence-electron chi connectivity index (χ2n) is 4.69. The van der Waals surface area contributed by atoms with Crippen LogP contribution in [0.3, 0.4) is 0 Å². The summed E-state index contributed by atoms with van der Waals surface area (Å²) >= 11 is 0. The van der Waals surface area contributed by atoms with E-state index in [0.29, 0.717) is 0 Å². The number of ether oxygens (including phenoxy) is 1. The van der Waals surface area contributed by atoms with Crippen LogP contribution in [-0.2, 0) is 19.6 Å². The van der Waals surface area contributed by atoms with Gasteiger partial charge in [-0.25, -0.2) is 8.42 Å². The van der Waals surface area contributed by atoms with E-state index in [1.165, 1.54) is 4.31 Å². The molecule has 0 unspecified atom stereocenters. The maximum absolute atomic E-state index is 12.2. The Labute approximate surface area is 114 Å². The molecule has 6 nitrogen and oxygen atoms in total. The number of hydrogen-bond donors (Lipinski definition) is 1. The molecule has 0 aromatic rings. The van der Waals surface area contributed by atoms with Crippen LogP contribution in [0.1, 0.15) is 39.0 Å². The molecule has 0 aliphatic heterocycles. The van der Waals surface area contributed by atoms with Gasteiger partial charge in [0.2, 0.25) is 10.0 Å². The van der Waals surface area contributed by atoms with E-state index in [1.807, 2.05) is 0 Å². The lowest BCUT2D eigenvalue weighted by molar-refractivity contribution is -0.140. The van der Waals surface area contributed by atoms with E-state index < -0.39 is 21.7 Å². The van der Waals surface area contributed by atoms with E-state index in [4.69, 9.17) is 5.11 Å². The summed E-state index contributed by atoms with van der Waals surface area (Å²) in [5.74, 6) is -1.38. The van der Waals surface area contributed by atoms with Crippen LogP contribution >= 0.6 is 0 Å². The molecule has 0 atom stereocenters. The fraction of sp³-hybridized carbons (Fsp3) is 0.917. The minimum atomic E-state index is -3.71. The first kappa shape index (κ1) is 16.4. The van der Waals surface area contributed by atoms with Gasteiger partial charge >= 0.3 is 5.97 Å². The minimum Gasteiger partial charge on any atom is -0.465 e. The monoisotopic (exact) mass is 293 g/mol. The van der Waals surface area contributed by atoms with Gasteiger partial charge in [-0.05, 0) is 19.8 Å². The Morgan fingerprint density at radius 1 is 1.32 bits per heavy atom. The molecule has 1 aliphatic rings. The van der Waals surface area contributed by atoms with Crippen LogP contribution in [-0.4, -0.2) is 55.4 Å². The van der Waals surface area contributed by atoms with Gasteiger partial charge in [0.05, 0.1) is 13.2 Å². The highest BCUT2D eigenvalue weighted by molar-refractivity contribution is 7.89. The van der Waals surface area contributed by atoms with E-state index in [9.17, 15) is 13.2 Å². The highest BCUT2D eigenvalue weighted by Crippen LogP contribution is 2.24. The van der Waals surface area contributed by atoms with E-state index in [-0.39, 0.29) is 25.8 Å². The Morgan fingerprint density at radius 2 is 1.95 bits per heavy atom. The molecule has 0 heterocycles. The summed E-state index contributed by atoms with van der Waals surface area (Å²) in [4.78, 5) is 11.4. The van der Waals surface area contributed by atoms with Gasteiger partial charge in [-0.3, -0.25) is 4.79 Å². The minimum absolute atomic E-state index is 0.0480. The summed E-state index contributed by atoms with van der Waals surface area (Å²) in [5.41, 5.74) is 0. The highest BCUT2D eigenvalue weighted by Gasteiger charge is 2.32. The van der Waals surface area contributed by atoms with Crippen molar-refractivity contribution in [2.45, 2.75) is 45.1 Å². The van der Waals surface area contributed by atoms with Gasteiger partial charge in [0.15, 0.2) is 5.75 Å². The second kappa shape index (κ2) is 7.81. The predicted octanol–water partition coefficient (Wildman–Crippen LogP) is 0.506. The lowest BCUT2D eigenvalue weighted by Gasteiger charge is -2.32. The van der Waals surface area contributed by atoms with Crippen molar-refractivity contribution in [2.24, 2.45) is 0 Å². The average Bonchev–Trinajstić information content (AvgIpc) is 2.36. The van der Waals surface area contributed by atoms with E-state index in [0.717, 1.165) is 32.1 Å². The summed E-state index contributed by atoms with van der Waals surface area (Å²) in [6.07, 6.45) is 4.68. The topological polar surface area (TPSA) is 83.9 Å². The first-order valence-corrected chi connectivity index (χ1v) is 8.38. The third-order valence-corrected chi connectivity index (χ3v) is 5.06. The van der Waals surface area contributed by atoms with Gasteiger partial charge in [-0.2, -0.15) is 4.31 Å². The molecule has 1 N–H and O–H groups in total. The summed E-state index contributed by atoms with van der Waals surface area (Å²) < 4.78 is 30.4. The molecule has 19 heavy (non-hydrogen) atoms. The smallest absolute Gasteiger partial charge is 0.322 e. The van der Waals surface area contributed by atoms with Crippen molar-refractivity contribution in [1.82, 2.24) is 4.31 Å². The fourth-order valence-corrected chi connectivity index (χ4v) is 4.02. The molecular weight excluding hydrogens is 270 g/mol. The van der Waals surface area contributed by atoms with Crippen LogP contribution in [0.5, 0.6) is 0 Å². The van der Waals surface area contributed by atoms with Gasteiger partial charge in [0.25, 0.3) is 0 Å². The molecule has 0 aromatic carbocycles. The number of aliphatic hydroxyl groups excluding tert-OH is 1. The molecule has 112 valence electrons. The molecule has 0 amide bonds. The van der Waals surface area contributed by atoms with Crippen molar-refractivity contribution in [3.05, 3.63) is 0 Å². The first-order valence-electron chi connectivity index (χ1n) is 6.77. The number of nitrogens with zero attached hydrogens (tertiary/aromatic N) is 1. The average molecular weight is 293 g/mol. The Balaban J connectivity index is 2.74. The summed E-state index contributed by atoms with van der Waals surface area (Å²) in [6.45, 7) is 1.61. The number of aliphatic hydroxyl groups is 1. The van der Waals surface area contributed by atoms with Crippen molar-refractivity contribution in [3.63, 3.8) is 0 Å². The summed E-state index contributed by atoms with van der Waals surface area (Å²) in [5, 5.41) is 9.05. The molecule has 0 bridgehead atoms. The molecule has 0 spiro atoms. The van der Waals surface area contributed by atoms with Crippen LogP contribution in [0.2, 0.25) is 0 Å². The molecule has 1 saturated carbocycles. The Kier molecular flexibility index (Phi) is 6.74. The number of sulfonamides is 1. The predicted molar refractivity (Wildman–Crippen MR) is 71.1 cm³/mol.